The molecule has 2 aromatic rings. The van der Waals surface area contributed by atoms with Crippen molar-refractivity contribution in [2.45, 2.75) is 25.8 Å². The number of methoxy groups -OCH3 is 1. The van der Waals surface area contributed by atoms with Crippen molar-refractivity contribution in [1.82, 2.24) is 5.32 Å². The number of rotatable bonds is 6. The molecule has 1 N–H and O–H groups in total. The van der Waals surface area contributed by atoms with E-state index >= 15 is 0 Å². The Hall–Kier alpha value is -1.80. The van der Waals surface area contributed by atoms with Crippen LogP contribution >= 0.6 is 0 Å². The fourth-order valence-corrected chi connectivity index (χ4v) is 2.41. The molecule has 20 heavy (non-hydrogen) atoms. The summed E-state index contributed by atoms with van der Waals surface area (Å²) in [5.41, 5.74) is 4.05. The average molecular weight is 269 g/mol. The van der Waals surface area contributed by atoms with E-state index in [-0.39, 0.29) is 0 Å². The Bertz CT molecular complexity index is 533. The predicted octanol–water partition coefficient (Wildman–Crippen LogP) is 3.76. The van der Waals surface area contributed by atoms with Gasteiger partial charge in [0.25, 0.3) is 0 Å². The summed E-state index contributed by atoms with van der Waals surface area (Å²) in [4.78, 5) is 0. The first-order valence-corrected chi connectivity index (χ1v) is 7.15. The Kier molecular flexibility index (Phi) is 5.19. The number of benzene rings is 2. The summed E-state index contributed by atoms with van der Waals surface area (Å²) in [7, 11) is 3.72. The number of nitrogens with one attached hydrogen (secondary N) is 1. The van der Waals surface area contributed by atoms with Gasteiger partial charge in [0.2, 0.25) is 0 Å². The van der Waals surface area contributed by atoms with Gasteiger partial charge in [-0.1, -0.05) is 43.3 Å². The van der Waals surface area contributed by atoms with Gasteiger partial charge in [-0.15, -0.1) is 0 Å². The molecule has 0 radical (unpaired) electrons. The van der Waals surface area contributed by atoms with E-state index in [1.54, 1.807) is 7.11 Å². The van der Waals surface area contributed by atoms with E-state index in [2.05, 4.69) is 48.6 Å². The largest absolute Gasteiger partial charge is 0.497 e. The first-order valence-electron chi connectivity index (χ1n) is 7.15. The van der Waals surface area contributed by atoms with Gasteiger partial charge in [-0.25, -0.2) is 0 Å². The summed E-state index contributed by atoms with van der Waals surface area (Å²) >= 11 is 0. The van der Waals surface area contributed by atoms with Gasteiger partial charge in [0.15, 0.2) is 0 Å². The normalized spacial score (nSPS) is 12.2. The molecule has 2 heteroatoms. The lowest BCUT2D eigenvalue weighted by Crippen LogP contribution is -2.19. The zero-order valence-corrected chi connectivity index (χ0v) is 12.5. The monoisotopic (exact) mass is 269 g/mol. The van der Waals surface area contributed by atoms with Crippen molar-refractivity contribution in [1.29, 1.82) is 0 Å². The van der Waals surface area contributed by atoms with Gasteiger partial charge in [0.1, 0.15) is 5.75 Å². The molecule has 0 aliphatic rings. The van der Waals surface area contributed by atoms with Gasteiger partial charge >= 0.3 is 0 Å². The quantitative estimate of drug-likeness (QED) is 0.862. The molecule has 1 unspecified atom stereocenters. The van der Waals surface area contributed by atoms with Crippen LogP contribution in [0.25, 0.3) is 0 Å². The zero-order chi connectivity index (χ0) is 14.4. The van der Waals surface area contributed by atoms with Gasteiger partial charge in [-0.05, 0) is 48.7 Å². The predicted molar refractivity (Wildman–Crippen MR) is 84.3 cm³/mol. The van der Waals surface area contributed by atoms with E-state index in [9.17, 15) is 0 Å². The molecule has 0 heterocycles. The van der Waals surface area contributed by atoms with Crippen molar-refractivity contribution in [3.63, 3.8) is 0 Å². The Morgan fingerprint density at radius 3 is 2.40 bits per heavy atom. The van der Waals surface area contributed by atoms with Gasteiger partial charge in [-0.3, -0.25) is 0 Å². The zero-order valence-electron chi connectivity index (χ0n) is 12.5. The molecule has 0 amide bonds. The topological polar surface area (TPSA) is 21.3 Å². The number of hydrogen-bond acceptors (Lipinski definition) is 2. The molecule has 0 saturated heterocycles. The molecule has 106 valence electrons. The maximum atomic E-state index is 5.20. The van der Waals surface area contributed by atoms with Gasteiger partial charge in [0, 0.05) is 6.04 Å². The Balaban J connectivity index is 2.14. The minimum atomic E-state index is 0.342. The van der Waals surface area contributed by atoms with Crippen molar-refractivity contribution >= 4 is 0 Å². The molecule has 2 aromatic carbocycles. The van der Waals surface area contributed by atoms with Crippen LogP contribution in [-0.4, -0.2) is 14.2 Å². The molecule has 0 bridgehead atoms. The molecule has 0 aromatic heterocycles. The highest BCUT2D eigenvalue weighted by molar-refractivity contribution is 5.31. The van der Waals surface area contributed by atoms with Gasteiger partial charge in [-0.2, -0.15) is 0 Å². The van der Waals surface area contributed by atoms with E-state index in [1.807, 2.05) is 19.2 Å². The summed E-state index contributed by atoms with van der Waals surface area (Å²) in [5.74, 6) is 0.905. The molecule has 0 aliphatic heterocycles. The van der Waals surface area contributed by atoms with Crippen LogP contribution < -0.4 is 10.1 Å². The smallest absolute Gasteiger partial charge is 0.118 e. The molecular weight excluding hydrogens is 246 g/mol. The Morgan fingerprint density at radius 1 is 1.05 bits per heavy atom. The van der Waals surface area contributed by atoms with Crippen LogP contribution in [0.4, 0.5) is 0 Å². The minimum Gasteiger partial charge on any atom is -0.497 e. The van der Waals surface area contributed by atoms with E-state index in [0.717, 1.165) is 18.6 Å². The fourth-order valence-electron chi connectivity index (χ4n) is 2.41. The van der Waals surface area contributed by atoms with E-state index < -0.39 is 0 Å². The lowest BCUT2D eigenvalue weighted by molar-refractivity contribution is 0.414. The summed E-state index contributed by atoms with van der Waals surface area (Å²) in [5, 5.41) is 3.42. The van der Waals surface area contributed by atoms with Crippen LogP contribution in [-0.2, 0) is 12.8 Å². The van der Waals surface area contributed by atoms with Crippen molar-refractivity contribution in [2.75, 3.05) is 14.2 Å². The second-order valence-corrected chi connectivity index (χ2v) is 4.99. The standard InChI is InChI=1S/C18H23NO/c1-4-14-6-5-7-16(12-14)18(19-2)13-15-8-10-17(20-3)11-9-15/h5-12,18-19H,4,13H2,1-3H3. The number of likely N-dealkylation sites (N-methyl/N-ethyl adjacent to an activating group) is 1. The number of ether oxygens (including phenoxy) is 1. The van der Waals surface area contributed by atoms with Crippen LogP contribution in [0.3, 0.4) is 0 Å². The highest BCUT2D eigenvalue weighted by Crippen LogP contribution is 2.21. The summed E-state index contributed by atoms with van der Waals surface area (Å²) in [6.07, 6.45) is 2.06. The van der Waals surface area contributed by atoms with Crippen molar-refractivity contribution in [3.05, 3.63) is 65.2 Å². The van der Waals surface area contributed by atoms with Crippen LogP contribution in [0.2, 0.25) is 0 Å². The maximum Gasteiger partial charge on any atom is 0.118 e. The van der Waals surface area contributed by atoms with Gasteiger partial charge < -0.3 is 10.1 Å². The van der Waals surface area contributed by atoms with Gasteiger partial charge in [0.05, 0.1) is 7.11 Å². The Morgan fingerprint density at radius 2 is 1.80 bits per heavy atom. The summed E-state index contributed by atoms with van der Waals surface area (Å²) in [6, 6.07) is 17.5. The highest BCUT2D eigenvalue weighted by atomic mass is 16.5. The molecule has 0 aliphatic carbocycles. The molecule has 1 atom stereocenters. The fraction of sp³-hybridized carbons (Fsp3) is 0.333. The first kappa shape index (κ1) is 14.6. The molecule has 0 spiro atoms. The SMILES string of the molecule is CCc1cccc(C(Cc2ccc(OC)cc2)NC)c1. The number of hydrogen-bond donors (Lipinski definition) is 1. The second kappa shape index (κ2) is 7.11. The van der Waals surface area contributed by atoms with E-state index in [1.165, 1.54) is 16.7 Å². The molecule has 2 rings (SSSR count). The summed E-state index contributed by atoms with van der Waals surface area (Å²) < 4.78 is 5.20. The number of aryl methyl sites for hydroxylation is 1. The molecule has 0 fully saturated rings. The van der Waals surface area contributed by atoms with Crippen LogP contribution in [0.5, 0.6) is 5.75 Å². The first-order chi connectivity index (χ1) is 9.76. The van der Waals surface area contributed by atoms with Crippen molar-refractivity contribution in [3.8, 4) is 5.75 Å². The van der Waals surface area contributed by atoms with Crippen LogP contribution in [0.15, 0.2) is 48.5 Å². The maximum absolute atomic E-state index is 5.20. The lowest BCUT2D eigenvalue weighted by Gasteiger charge is -2.18. The third-order valence-corrected chi connectivity index (χ3v) is 3.71. The highest BCUT2D eigenvalue weighted by Gasteiger charge is 2.10. The van der Waals surface area contributed by atoms with Crippen LogP contribution in [0, 0.1) is 0 Å². The average Bonchev–Trinajstić information content (AvgIpc) is 2.53. The van der Waals surface area contributed by atoms with Crippen molar-refractivity contribution < 1.29 is 4.74 Å². The van der Waals surface area contributed by atoms with Crippen LogP contribution in [0.1, 0.15) is 29.7 Å². The minimum absolute atomic E-state index is 0.342. The lowest BCUT2D eigenvalue weighted by atomic mass is 9.97. The second-order valence-electron chi connectivity index (χ2n) is 4.99. The third-order valence-electron chi connectivity index (χ3n) is 3.71. The molecule has 0 saturated carbocycles. The Labute approximate surface area is 121 Å². The molecular formula is C18H23NO. The van der Waals surface area contributed by atoms with Crippen molar-refractivity contribution in [2.24, 2.45) is 0 Å². The van der Waals surface area contributed by atoms with E-state index in [0.29, 0.717) is 6.04 Å². The summed E-state index contributed by atoms with van der Waals surface area (Å²) in [6.45, 7) is 2.19. The van der Waals surface area contributed by atoms with E-state index in [4.69, 9.17) is 4.74 Å². The molecule has 2 nitrogen and oxygen atoms in total. The third kappa shape index (κ3) is 3.61.